The first-order valence-electron chi connectivity index (χ1n) is 6.27. The number of aromatic nitrogens is 3. The Labute approximate surface area is 131 Å². The van der Waals surface area contributed by atoms with Crippen molar-refractivity contribution < 1.29 is 0 Å². The van der Waals surface area contributed by atoms with Gasteiger partial charge in [-0.1, -0.05) is 41.9 Å². The largest absolute Gasteiger partial charge is 0.250 e. The van der Waals surface area contributed by atoms with Gasteiger partial charge in [0.15, 0.2) is 5.82 Å². The molecule has 0 aliphatic rings. The van der Waals surface area contributed by atoms with Crippen LogP contribution in [0, 0.1) is 4.77 Å². The molecule has 0 bridgehead atoms. The van der Waals surface area contributed by atoms with Gasteiger partial charge in [-0.05, 0) is 42.0 Å². The molecule has 0 fully saturated rings. The van der Waals surface area contributed by atoms with Gasteiger partial charge in [0.05, 0.1) is 6.21 Å². The fourth-order valence-corrected chi connectivity index (χ4v) is 2.15. The zero-order valence-corrected chi connectivity index (χ0v) is 12.5. The van der Waals surface area contributed by atoms with E-state index in [1.165, 1.54) is 0 Å². The van der Waals surface area contributed by atoms with Gasteiger partial charge in [-0.15, -0.1) is 0 Å². The van der Waals surface area contributed by atoms with Crippen LogP contribution >= 0.6 is 23.8 Å². The van der Waals surface area contributed by atoms with Crippen LogP contribution in [0.25, 0.3) is 11.4 Å². The van der Waals surface area contributed by atoms with Crippen molar-refractivity contribution in [3.05, 3.63) is 70.0 Å². The molecule has 0 amide bonds. The van der Waals surface area contributed by atoms with E-state index in [4.69, 9.17) is 23.8 Å². The molecule has 21 heavy (non-hydrogen) atoms. The average molecular weight is 315 g/mol. The average Bonchev–Trinajstić information content (AvgIpc) is 2.88. The Morgan fingerprint density at radius 1 is 1.10 bits per heavy atom. The maximum atomic E-state index is 5.90. The summed E-state index contributed by atoms with van der Waals surface area (Å²) in [5, 5.41) is 12.0. The topological polar surface area (TPSA) is 46.0 Å². The highest BCUT2D eigenvalue weighted by molar-refractivity contribution is 7.71. The molecule has 0 aliphatic heterocycles. The van der Waals surface area contributed by atoms with Gasteiger partial charge in [-0.25, -0.2) is 5.10 Å². The van der Waals surface area contributed by atoms with Crippen molar-refractivity contribution in [2.45, 2.75) is 0 Å². The lowest BCUT2D eigenvalue weighted by molar-refractivity contribution is 0.871. The molecule has 1 N–H and O–H groups in total. The Kier molecular flexibility index (Phi) is 3.94. The van der Waals surface area contributed by atoms with Crippen LogP contribution in [0.15, 0.2) is 59.7 Å². The molecule has 1 aromatic heterocycles. The molecule has 0 atom stereocenters. The van der Waals surface area contributed by atoms with E-state index in [2.05, 4.69) is 15.3 Å². The third kappa shape index (κ3) is 3.09. The summed E-state index contributed by atoms with van der Waals surface area (Å²) in [6, 6.07) is 17.2. The summed E-state index contributed by atoms with van der Waals surface area (Å²) < 4.78 is 2.03. The number of rotatable bonds is 3. The molecular weight excluding hydrogens is 304 g/mol. The first-order valence-corrected chi connectivity index (χ1v) is 7.05. The summed E-state index contributed by atoms with van der Waals surface area (Å²) in [6.45, 7) is 0. The molecule has 1 heterocycles. The van der Waals surface area contributed by atoms with Gasteiger partial charge in [-0.3, -0.25) is 0 Å². The first-order chi connectivity index (χ1) is 10.2. The zero-order chi connectivity index (χ0) is 14.7. The Balaban J connectivity index is 2.00. The quantitative estimate of drug-likeness (QED) is 0.583. The van der Waals surface area contributed by atoms with Crippen LogP contribution in [0.3, 0.4) is 0 Å². The Morgan fingerprint density at radius 2 is 1.81 bits per heavy atom. The number of aromatic amines is 1. The van der Waals surface area contributed by atoms with Crippen LogP contribution in [0.2, 0.25) is 5.02 Å². The molecule has 0 unspecified atom stereocenters. The molecule has 0 spiro atoms. The molecule has 6 heteroatoms. The lowest BCUT2D eigenvalue weighted by Gasteiger charge is -2.01. The van der Waals surface area contributed by atoms with Crippen molar-refractivity contribution >= 4 is 30.0 Å². The third-order valence-electron chi connectivity index (χ3n) is 2.87. The van der Waals surface area contributed by atoms with E-state index < -0.39 is 0 Å². The lowest BCUT2D eigenvalue weighted by Crippen LogP contribution is -1.94. The van der Waals surface area contributed by atoms with Crippen molar-refractivity contribution in [2.75, 3.05) is 0 Å². The SMILES string of the molecule is S=c1[nH]nc(-c2ccc(Cl)cc2)n1/N=C/c1ccccc1. The van der Waals surface area contributed by atoms with Crippen LogP contribution in [0.1, 0.15) is 5.56 Å². The Bertz CT molecular complexity index is 819. The van der Waals surface area contributed by atoms with Crippen LogP contribution in [0.4, 0.5) is 0 Å². The third-order valence-corrected chi connectivity index (χ3v) is 3.39. The van der Waals surface area contributed by atoms with E-state index in [1.54, 1.807) is 23.0 Å². The summed E-state index contributed by atoms with van der Waals surface area (Å²) in [5.41, 5.74) is 1.87. The number of nitrogens with one attached hydrogen (secondary N) is 1. The summed E-state index contributed by atoms with van der Waals surface area (Å²) in [6.07, 6.45) is 1.74. The number of hydrogen-bond donors (Lipinski definition) is 1. The van der Waals surface area contributed by atoms with E-state index >= 15 is 0 Å². The standard InChI is InChI=1S/C15H11ClN4S/c16-13-8-6-12(7-9-13)14-18-19-15(21)20(14)17-10-11-4-2-1-3-5-11/h1-10H,(H,19,21)/b17-10+. The first kappa shape index (κ1) is 13.7. The molecule has 0 saturated heterocycles. The molecular formula is C15H11ClN4S. The van der Waals surface area contributed by atoms with Gasteiger partial charge < -0.3 is 0 Å². The van der Waals surface area contributed by atoms with Crippen molar-refractivity contribution in [1.29, 1.82) is 0 Å². The monoisotopic (exact) mass is 314 g/mol. The predicted octanol–water partition coefficient (Wildman–Crippen LogP) is 4.14. The number of halogens is 1. The van der Waals surface area contributed by atoms with Crippen molar-refractivity contribution in [3.8, 4) is 11.4 Å². The van der Waals surface area contributed by atoms with Gasteiger partial charge in [0.1, 0.15) is 0 Å². The Morgan fingerprint density at radius 3 is 2.52 bits per heavy atom. The zero-order valence-electron chi connectivity index (χ0n) is 10.9. The molecule has 0 saturated carbocycles. The second kappa shape index (κ2) is 6.03. The number of H-pyrrole nitrogens is 1. The molecule has 0 aliphatic carbocycles. The van der Waals surface area contributed by atoms with E-state index in [9.17, 15) is 0 Å². The van der Waals surface area contributed by atoms with Crippen molar-refractivity contribution in [1.82, 2.24) is 14.9 Å². The van der Waals surface area contributed by atoms with Gasteiger partial charge in [0.25, 0.3) is 0 Å². The predicted molar refractivity (Wildman–Crippen MR) is 87.3 cm³/mol. The van der Waals surface area contributed by atoms with Crippen LogP contribution < -0.4 is 0 Å². The fourth-order valence-electron chi connectivity index (χ4n) is 1.85. The van der Waals surface area contributed by atoms with E-state index in [0.29, 0.717) is 15.6 Å². The smallest absolute Gasteiger partial charge is 0.216 e. The molecule has 0 radical (unpaired) electrons. The van der Waals surface area contributed by atoms with Crippen molar-refractivity contribution in [3.63, 3.8) is 0 Å². The maximum Gasteiger partial charge on any atom is 0.216 e. The lowest BCUT2D eigenvalue weighted by atomic mass is 10.2. The van der Waals surface area contributed by atoms with Crippen LogP contribution in [-0.4, -0.2) is 21.1 Å². The maximum absolute atomic E-state index is 5.90. The highest BCUT2D eigenvalue weighted by atomic mass is 35.5. The van der Waals surface area contributed by atoms with Gasteiger partial charge in [0.2, 0.25) is 4.77 Å². The second-order valence-electron chi connectivity index (χ2n) is 4.33. The number of hydrogen-bond acceptors (Lipinski definition) is 3. The van der Waals surface area contributed by atoms with Crippen molar-refractivity contribution in [2.24, 2.45) is 5.10 Å². The highest BCUT2D eigenvalue weighted by Crippen LogP contribution is 2.19. The minimum absolute atomic E-state index is 0.437. The minimum Gasteiger partial charge on any atom is -0.250 e. The van der Waals surface area contributed by atoms with E-state index in [1.807, 2.05) is 42.5 Å². The molecule has 3 rings (SSSR count). The summed E-state index contributed by atoms with van der Waals surface area (Å²) in [4.78, 5) is 0. The highest BCUT2D eigenvalue weighted by Gasteiger charge is 2.07. The van der Waals surface area contributed by atoms with Gasteiger partial charge >= 0.3 is 0 Å². The second-order valence-corrected chi connectivity index (χ2v) is 5.15. The molecule has 4 nitrogen and oxygen atoms in total. The van der Waals surface area contributed by atoms with E-state index in [0.717, 1.165) is 11.1 Å². The van der Waals surface area contributed by atoms with E-state index in [-0.39, 0.29) is 0 Å². The molecule has 2 aromatic carbocycles. The minimum atomic E-state index is 0.437. The normalized spacial score (nSPS) is 11.1. The molecule has 3 aromatic rings. The van der Waals surface area contributed by atoms with Gasteiger partial charge in [0, 0.05) is 10.6 Å². The summed E-state index contributed by atoms with van der Waals surface area (Å²) in [5.74, 6) is 0.642. The van der Waals surface area contributed by atoms with Crippen LogP contribution in [0.5, 0.6) is 0 Å². The fraction of sp³-hybridized carbons (Fsp3) is 0. The molecule has 104 valence electrons. The Hall–Kier alpha value is -2.24. The summed E-state index contributed by atoms with van der Waals surface area (Å²) in [7, 11) is 0. The van der Waals surface area contributed by atoms with Crippen LogP contribution in [-0.2, 0) is 0 Å². The van der Waals surface area contributed by atoms with Gasteiger partial charge in [-0.2, -0.15) is 14.9 Å². The number of nitrogens with zero attached hydrogens (tertiary/aromatic N) is 3. The number of benzene rings is 2. The summed E-state index contributed by atoms with van der Waals surface area (Å²) >= 11 is 11.1.